The first kappa shape index (κ1) is 38.4. The molecule has 1 atom stereocenters. The fourth-order valence-electron chi connectivity index (χ4n) is 6.82. The Balaban J connectivity index is 1.79. The van der Waals surface area contributed by atoms with Gasteiger partial charge in [0.2, 0.25) is 5.69 Å². The minimum atomic E-state index is -4.73. The predicted octanol–water partition coefficient (Wildman–Crippen LogP) is 4.81. The van der Waals surface area contributed by atoms with Crippen molar-refractivity contribution >= 4 is 43.3 Å². The molecule has 0 spiro atoms. The summed E-state index contributed by atoms with van der Waals surface area (Å²) >= 11 is 0. The highest BCUT2D eigenvalue weighted by Gasteiger charge is 2.45. The van der Waals surface area contributed by atoms with Crippen molar-refractivity contribution in [1.82, 2.24) is 0 Å². The molecule has 2 aromatic rings. The molecule has 0 fully saturated rings. The molecule has 0 saturated carbocycles. The third-order valence-electron chi connectivity index (χ3n) is 9.43. The Hall–Kier alpha value is -3.40. The van der Waals surface area contributed by atoms with E-state index in [0.717, 1.165) is 28.3 Å². The minimum absolute atomic E-state index is 0.0657. The van der Waals surface area contributed by atoms with Crippen LogP contribution in [0.1, 0.15) is 70.9 Å². The maximum absolute atomic E-state index is 12.1. The van der Waals surface area contributed by atoms with Crippen molar-refractivity contribution in [1.29, 1.82) is 0 Å². The van der Waals surface area contributed by atoms with Crippen LogP contribution in [0.3, 0.4) is 0 Å². The standard InChI is InChI=1S/C35H46N2O10S2/c1-6-36-29-16-14-25(48(40,41)42)23-27(29)34(2,3)31(36)11-10-12-32-35(4,18-20-47-22-21-46-5)28-24-26(49(43,44)45)15-17-30(28)37(32)19-9-7-8-13-33(38)39/h10-12,14-17,23-24H,6-9,13,18-22H2,1-5H3,(H2-,38,39,40,41,42,43,44,45)/p-1. The highest BCUT2D eigenvalue weighted by atomic mass is 32.2. The quantitative estimate of drug-likeness (QED) is 0.135. The second-order valence-corrected chi connectivity index (χ2v) is 15.7. The lowest BCUT2D eigenvalue weighted by Crippen LogP contribution is -2.31. The second kappa shape index (κ2) is 15.2. The molecule has 0 bridgehead atoms. The third-order valence-corrected chi connectivity index (χ3v) is 11.1. The van der Waals surface area contributed by atoms with Gasteiger partial charge in [0.15, 0.2) is 5.71 Å². The Labute approximate surface area is 289 Å². The van der Waals surface area contributed by atoms with Crippen LogP contribution < -0.4 is 4.90 Å². The van der Waals surface area contributed by atoms with Crippen molar-refractivity contribution in [2.45, 2.75) is 80.4 Å². The fraction of sp³-hybridized carbons (Fsp3) is 0.486. The zero-order valence-electron chi connectivity index (χ0n) is 28.6. The summed E-state index contributed by atoms with van der Waals surface area (Å²) in [5.74, 6) is -0.855. The molecule has 0 amide bonds. The van der Waals surface area contributed by atoms with Gasteiger partial charge in [-0.3, -0.25) is 4.79 Å². The number of hydrogen-bond acceptors (Lipinski definition) is 10. The van der Waals surface area contributed by atoms with Crippen molar-refractivity contribution in [2.75, 3.05) is 44.9 Å². The van der Waals surface area contributed by atoms with E-state index in [1.165, 1.54) is 24.3 Å². The van der Waals surface area contributed by atoms with Crippen molar-refractivity contribution in [2.24, 2.45) is 0 Å². The smallest absolute Gasteiger partial charge is 0.303 e. The lowest BCUT2D eigenvalue weighted by atomic mass is 9.78. The number of unbranched alkanes of at least 4 members (excludes halogenated alkanes) is 2. The van der Waals surface area contributed by atoms with Crippen molar-refractivity contribution in [3.63, 3.8) is 0 Å². The Morgan fingerprint density at radius 3 is 2.20 bits per heavy atom. The summed E-state index contributed by atoms with van der Waals surface area (Å²) in [7, 11) is -7.80. The number of aliphatic carboxylic acids is 1. The van der Waals surface area contributed by atoms with E-state index in [4.69, 9.17) is 14.6 Å². The van der Waals surface area contributed by atoms with Crippen LogP contribution in [0.5, 0.6) is 0 Å². The number of methoxy groups -OCH3 is 1. The van der Waals surface area contributed by atoms with E-state index in [1.807, 2.05) is 45.9 Å². The normalized spacial score (nSPS) is 19.7. The first-order valence-corrected chi connectivity index (χ1v) is 19.1. The highest BCUT2D eigenvalue weighted by Crippen LogP contribution is 2.51. The number of nitrogens with zero attached hydrogens (tertiary/aromatic N) is 2. The maximum atomic E-state index is 12.1. The van der Waals surface area contributed by atoms with Gasteiger partial charge in [-0.05, 0) is 88.9 Å². The molecular weight excluding hydrogens is 673 g/mol. The largest absolute Gasteiger partial charge is 0.744 e. The van der Waals surface area contributed by atoms with E-state index >= 15 is 0 Å². The van der Waals surface area contributed by atoms with Crippen LogP contribution in [0, 0.1) is 0 Å². The summed E-state index contributed by atoms with van der Waals surface area (Å²) in [6, 6.07) is 8.85. The van der Waals surface area contributed by atoms with Gasteiger partial charge in [0.1, 0.15) is 26.8 Å². The molecular formula is C35H45N2O10S2-. The van der Waals surface area contributed by atoms with Gasteiger partial charge in [-0.25, -0.2) is 16.8 Å². The van der Waals surface area contributed by atoms with E-state index < -0.39 is 37.0 Å². The van der Waals surface area contributed by atoms with Crippen LogP contribution in [0.4, 0.5) is 11.4 Å². The van der Waals surface area contributed by atoms with Crippen LogP contribution in [0.25, 0.3) is 0 Å². The number of ether oxygens (including phenoxy) is 2. The average Bonchev–Trinajstić information content (AvgIpc) is 3.38. The Kier molecular flexibility index (Phi) is 11.9. The molecule has 0 aliphatic carbocycles. The van der Waals surface area contributed by atoms with E-state index in [0.29, 0.717) is 64.2 Å². The van der Waals surface area contributed by atoms with E-state index in [9.17, 15) is 30.7 Å². The third kappa shape index (κ3) is 8.33. The summed E-state index contributed by atoms with van der Waals surface area (Å²) in [6.07, 6.45) is 8.21. The molecule has 14 heteroatoms. The zero-order valence-corrected chi connectivity index (χ0v) is 30.2. The highest BCUT2D eigenvalue weighted by molar-refractivity contribution is 7.86. The number of carboxylic acids is 1. The summed E-state index contributed by atoms with van der Waals surface area (Å²) in [4.78, 5) is 12.6. The molecule has 2 heterocycles. The summed E-state index contributed by atoms with van der Waals surface area (Å²) in [5, 5.41) is 9.09. The predicted molar refractivity (Wildman–Crippen MR) is 183 cm³/mol. The summed E-state index contributed by atoms with van der Waals surface area (Å²) in [5.41, 5.74) is 3.30. The van der Waals surface area contributed by atoms with Gasteiger partial charge in [-0.15, -0.1) is 0 Å². The molecule has 12 nitrogen and oxygen atoms in total. The Bertz CT molecular complexity index is 1880. The Morgan fingerprint density at radius 2 is 1.59 bits per heavy atom. The molecule has 1 N–H and O–H groups in total. The van der Waals surface area contributed by atoms with Crippen LogP contribution >= 0.6 is 0 Å². The minimum Gasteiger partial charge on any atom is -0.744 e. The number of fused-ring (bicyclic) bond motifs is 2. The van der Waals surface area contributed by atoms with Crippen LogP contribution in [0.2, 0.25) is 0 Å². The molecule has 0 aromatic heterocycles. The Morgan fingerprint density at radius 1 is 0.939 bits per heavy atom. The first-order chi connectivity index (χ1) is 23.0. The number of anilines is 1. The molecule has 2 aliphatic rings. The molecule has 1 unspecified atom stereocenters. The molecule has 4 rings (SSSR count). The molecule has 268 valence electrons. The number of rotatable bonds is 17. The van der Waals surface area contributed by atoms with Crippen molar-refractivity contribution in [3.8, 4) is 0 Å². The molecule has 2 aliphatic heterocycles. The molecule has 2 aromatic carbocycles. The van der Waals surface area contributed by atoms with Crippen LogP contribution in [0.15, 0.2) is 70.1 Å². The van der Waals surface area contributed by atoms with Gasteiger partial charge in [-0.2, -0.15) is 4.58 Å². The van der Waals surface area contributed by atoms with Gasteiger partial charge in [-0.1, -0.05) is 12.5 Å². The SMILES string of the molecule is CC[N+]1=C(C=CC=C2N(CCCCCC(=O)O)c3ccc(S(=O)(=O)[O-])cc3C2(C)CCOCCOC)C(C)(C)c2cc(S(=O)(=O)[O-])ccc21. The maximum Gasteiger partial charge on any atom is 0.303 e. The van der Waals surface area contributed by atoms with Gasteiger partial charge in [0.25, 0.3) is 0 Å². The van der Waals surface area contributed by atoms with Crippen molar-refractivity contribution in [3.05, 3.63) is 71.5 Å². The first-order valence-electron chi connectivity index (χ1n) is 16.3. The number of hydrogen-bond donors (Lipinski definition) is 1. The lowest BCUT2D eigenvalue weighted by Gasteiger charge is -2.30. The fourth-order valence-corrected chi connectivity index (χ4v) is 7.81. The topological polar surface area (TPSA) is 176 Å². The number of carbonyl (C=O) groups is 1. The molecule has 0 saturated heterocycles. The van der Waals surface area contributed by atoms with E-state index in [-0.39, 0.29) is 16.2 Å². The van der Waals surface area contributed by atoms with E-state index in [2.05, 4.69) is 9.48 Å². The van der Waals surface area contributed by atoms with Crippen molar-refractivity contribution < 1.29 is 49.9 Å². The van der Waals surface area contributed by atoms with Gasteiger partial charge >= 0.3 is 5.97 Å². The average molecular weight is 718 g/mol. The van der Waals surface area contributed by atoms with Crippen LogP contribution in [-0.2, 0) is 45.3 Å². The molecule has 0 radical (unpaired) electrons. The van der Waals surface area contributed by atoms with Gasteiger partial charge in [0.05, 0.1) is 28.4 Å². The zero-order chi connectivity index (χ0) is 36.2. The second-order valence-electron chi connectivity index (χ2n) is 13.0. The number of benzene rings is 2. The van der Waals surface area contributed by atoms with Gasteiger partial charge in [0, 0.05) is 61.2 Å². The monoisotopic (exact) mass is 717 g/mol. The lowest BCUT2D eigenvalue weighted by molar-refractivity contribution is -0.433. The molecule has 49 heavy (non-hydrogen) atoms. The summed E-state index contributed by atoms with van der Waals surface area (Å²) in [6.45, 7) is 10.1. The van der Waals surface area contributed by atoms with Gasteiger partial charge < -0.3 is 28.6 Å². The number of carboxylic acid groups (broad SMARTS) is 1. The van der Waals surface area contributed by atoms with Crippen LogP contribution in [-0.4, -0.2) is 87.3 Å². The summed E-state index contributed by atoms with van der Waals surface area (Å²) < 4.78 is 84.8. The number of allylic oxidation sites excluding steroid dienone is 4. The van der Waals surface area contributed by atoms with E-state index in [1.54, 1.807) is 19.2 Å².